The molecule has 160 valence electrons. The SMILES string of the molecule is CCOc1ccc2c3ccccc3n(-c3cccc(-c4cccc(P(=O)(O)O)c4)c3)c2c1. The number of nitrogens with zero attached hydrogens (tertiary/aromatic N) is 1. The molecule has 0 fully saturated rings. The van der Waals surface area contributed by atoms with Gasteiger partial charge in [-0.25, -0.2) is 0 Å². The molecule has 0 aliphatic carbocycles. The maximum Gasteiger partial charge on any atom is 0.356 e. The first-order chi connectivity index (χ1) is 15.5. The van der Waals surface area contributed by atoms with Gasteiger partial charge in [0.2, 0.25) is 0 Å². The first-order valence-electron chi connectivity index (χ1n) is 10.4. The van der Waals surface area contributed by atoms with Crippen LogP contribution in [0, 0.1) is 0 Å². The van der Waals surface area contributed by atoms with Crippen LogP contribution in [0.15, 0.2) is 91.0 Å². The number of para-hydroxylation sites is 1. The largest absolute Gasteiger partial charge is 0.494 e. The van der Waals surface area contributed by atoms with Crippen LogP contribution in [0.4, 0.5) is 0 Å². The van der Waals surface area contributed by atoms with Crippen molar-refractivity contribution >= 4 is 34.7 Å². The Kier molecular flexibility index (Phi) is 5.10. The maximum absolute atomic E-state index is 11.7. The highest BCUT2D eigenvalue weighted by molar-refractivity contribution is 7.60. The summed E-state index contributed by atoms with van der Waals surface area (Å²) in [6.45, 7) is 2.56. The molecule has 0 atom stereocenters. The monoisotopic (exact) mass is 443 g/mol. The van der Waals surface area contributed by atoms with E-state index in [1.807, 2.05) is 55.5 Å². The lowest BCUT2D eigenvalue weighted by Crippen LogP contribution is -2.03. The Morgan fingerprint density at radius 1 is 0.781 bits per heavy atom. The fraction of sp³-hybridized carbons (Fsp3) is 0.0769. The summed E-state index contributed by atoms with van der Waals surface area (Å²) < 4.78 is 19.7. The molecule has 0 unspecified atom stereocenters. The van der Waals surface area contributed by atoms with E-state index in [-0.39, 0.29) is 5.30 Å². The second kappa shape index (κ2) is 7.95. The lowest BCUT2D eigenvalue weighted by atomic mass is 10.1. The van der Waals surface area contributed by atoms with E-state index in [9.17, 15) is 14.4 Å². The predicted octanol–water partition coefficient (Wildman–Crippen LogP) is 5.65. The summed E-state index contributed by atoms with van der Waals surface area (Å²) in [5.74, 6) is 0.814. The van der Waals surface area contributed by atoms with Crippen LogP contribution in [-0.2, 0) is 4.57 Å². The Morgan fingerprint density at radius 2 is 1.50 bits per heavy atom. The van der Waals surface area contributed by atoms with E-state index in [0.717, 1.165) is 44.4 Å². The van der Waals surface area contributed by atoms with Crippen LogP contribution < -0.4 is 10.0 Å². The molecular weight excluding hydrogens is 421 g/mol. The van der Waals surface area contributed by atoms with Gasteiger partial charge >= 0.3 is 7.60 Å². The predicted molar refractivity (Wildman–Crippen MR) is 129 cm³/mol. The average Bonchev–Trinajstić information content (AvgIpc) is 3.12. The van der Waals surface area contributed by atoms with E-state index in [1.165, 1.54) is 6.07 Å². The van der Waals surface area contributed by atoms with Gasteiger partial charge in [0.15, 0.2) is 0 Å². The van der Waals surface area contributed by atoms with Crippen LogP contribution in [0.2, 0.25) is 0 Å². The molecule has 0 saturated carbocycles. The third-order valence-corrected chi connectivity index (χ3v) is 6.53. The fourth-order valence-electron chi connectivity index (χ4n) is 4.18. The molecule has 1 heterocycles. The summed E-state index contributed by atoms with van der Waals surface area (Å²) >= 11 is 0. The summed E-state index contributed by atoms with van der Waals surface area (Å²) in [7, 11) is -4.32. The Hall–Kier alpha value is -3.37. The second-order valence-corrected chi connectivity index (χ2v) is 9.21. The number of hydrogen-bond donors (Lipinski definition) is 2. The van der Waals surface area contributed by atoms with E-state index in [4.69, 9.17) is 4.74 Å². The Morgan fingerprint density at radius 3 is 2.28 bits per heavy atom. The molecule has 5 aromatic rings. The number of aromatic nitrogens is 1. The van der Waals surface area contributed by atoms with E-state index in [0.29, 0.717) is 6.61 Å². The maximum atomic E-state index is 11.7. The van der Waals surface area contributed by atoms with Crippen LogP contribution >= 0.6 is 7.60 Å². The number of benzene rings is 4. The van der Waals surface area contributed by atoms with Crippen molar-refractivity contribution in [1.82, 2.24) is 4.57 Å². The van der Waals surface area contributed by atoms with Gasteiger partial charge in [-0.3, -0.25) is 4.57 Å². The molecule has 5 rings (SSSR count). The van der Waals surface area contributed by atoms with Gasteiger partial charge in [0.25, 0.3) is 0 Å². The molecule has 0 aliphatic heterocycles. The van der Waals surface area contributed by atoms with E-state index < -0.39 is 7.60 Å². The molecule has 0 spiro atoms. The first-order valence-corrected chi connectivity index (χ1v) is 12.0. The topological polar surface area (TPSA) is 71.7 Å². The standard InChI is InChI=1S/C26H22NO4P/c1-2-31-21-13-14-24-23-11-3-4-12-25(23)27(26(24)17-21)20-9-5-7-18(15-20)19-8-6-10-22(16-19)32(28,29)30/h3-17H,2H2,1H3,(H2,28,29,30). The molecule has 0 aliphatic rings. The average molecular weight is 443 g/mol. The number of ether oxygens (including phenoxy) is 1. The first kappa shape index (κ1) is 20.5. The lowest BCUT2D eigenvalue weighted by Gasteiger charge is -2.12. The molecule has 0 saturated heterocycles. The van der Waals surface area contributed by atoms with Crippen LogP contribution in [0.3, 0.4) is 0 Å². The number of hydrogen-bond acceptors (Lipinski definition) is 2. The van der Waals surface area contributed by atoms with E-state index in [2.05, 4.69) is 28.8 Å². The van der Waals surface area contributed by atoms with Gasteiger partial charge in [-0.05, 0) is 60.5 Å². The summed E-state index contributed by atoms with van der Waals surface area (Å²) in [4.78, 5) is 19.1. The Bertz CT molecular complexity index is 1500. The van der Waals surface area contributed by atoms with Crippen LogP contribution in [0.25, 0.3) is 38.6 Å². The van der Waals surface area contributed by atoms with E-state index in [1.54, 1.807) is 12.1 Å². The second-order valence-electron chi connectivity index (χ2n) is 7.61. The highest BCUT2D eigenvalue weighted by Gasteiger charge is 2.18. The third kappa shape index (κ3) is 3.61. The Balaban J connectivity index is 1.73. The zero-order valence-electron chi connectivity index (χ0n) is 17.5. The van der Waals surface area contributed by atoms with Crippen molar-refractivity contribution in [2.75, 3.05) is 6.61 Å². The van der Waals surface area contributed by atoms with Crippen LogP contribution in [0.5, 0.6) is 5.75 Å². The molecule has 0 bridgehead atoms. The fourth-order valence-corrected chi connectivity index (χ4v) is 4.76. The van der Waals surface area contributed by atoms with Gasteiger partial charge in [0, 0.05) is 22.5 Å². The van der Waals surface area contributed by atoms with Gasteiger partial charge in [0.1, 0.15) is 5.75 Å². The number of fused-ring (bicyclic) bond motifs is 3. The van der Waals surface area contributed by atoms with Crippen molar-refractivity contribution in [3.8, 4) is 22.6 Å². The van der Waals surface area contributed by atoms with Crippen LogP contribution in [0.1, 0.15) is 6.92 Å². The van der Waals surface area contributed by atoms with Crippen molar-refractivity contribution < 1.29 is 19.1 Å². The van der Waals surface area contributed by atoms with Crippen molar-refractivity contribution in [2.45, 2.75) is 6.92 Å². The van der Waals surface area contributed by atoms with Gasteiger partial charge in [-0.15, -0.1) is 0 Å². The van der Waals surface area contributed by atoms with Crippen molar-refractivity contribution in [3.63, 3.8) is 0 Å². The molecular formula is C26H22NO4P. The van der Waals surface area contributed by atoms with Crippen LogP contribution in [-0.4, -0.2) is 21.0 Å². The third-order valence-electron chi connectivity index (χ3n) is 5.58. The minimum Gasteiger partial charge on any atom is -0.494 e. The van der Waals surface area contributed by atoms with E-state index >= 15 is 0 Å². The highest BCUT2D eigenvalue weighted by Crippen LogP contribution is 2.36. The summed E-state index contributed by atoms with van der Waals surface area (Å²) in [5.41, 5.74) is 4.72. The molecule has 0 amide bonds. The van der Waals surface area contributed by atoms with Crippen molar-refractivity contribution in [1.29, 1.82) is 0 Å². The molecule has 0 radical (unpaired) electrons. The van der Waals surface area contributed by atoms with Gasteiger partial charge < -0.3 is 19.1 Å². The molecule has 32 heavy (non-hydrogen) atoms. The highest BCUT2D eigenvalue weighted by atomic mass is 31.2. The van der Waals surface area contributed by atoms with Crippen molar-refractivity contribution in [2.24, 2.45) is 0 Å². The molecule has 4 aromatic carbocycles. The number of rotatable bonds is 5. The normalized spacial score (nSPS) is 11.8. The zero-order valence-corrected chi connectivity index (χ0v) is 18.4. The summed E-state index contributed by atoms with van der Waals surface area (Å²) in [6, 6.07) is 28.9. The molecule has 2 N–H and O–H groups in total. The lowest BCUT2D eigenvalue weighted by molar-refractivity contribution is 0.340. The van der Waals surface area contributed by atoms with Gasteiger partial charge in [-0.2, -0.15) is 0 Å². The van der Waals surface area contributed by atoms with Gasteiger partial charge in [-0.1, -0.05) is 42.5 Å². The molecule has 6 heteroatoms. The quantitative estimate of drug-likeness (QED) is 0.344. The molecule has 5 nitrogen and oxygen atoms in total. The Labute approximate surface area is 185 Å². The molecule has 1 aromatic heterocycles. The summed E-state index contributed by atoms with van der Waals surface area (Å²) in [5, 5.41) is 2.30. The van der Waals surface area contributed by atoms with Crippen molar-refractivity contribution in [3.05, 3.63) is 91.0 Å². The smallest absolute Gasteiger partial charge is 0.356 e. The minimum absolute atomic E-state index is 0.0126. The summed E-state index contributed by atoms with van der Waals surface area (Å²) in [6.07, 6.45) is 0. The van der Waals surface area contributed by atoms with Gasteiger partial charge in [0.05, 0.1) is 22.9 Å². The minimum atomic E-state index is -4.32. The zero-order chi connectivity index (χ0) is 22.3.